The molecule has 8 heteroatoms. The Kier molecular flexibility index (Phi) is 4.18. The Morgan fingerprint density at radius 2 is 1.85 bits per heavy atom. The monoisotopic (exact) mass is 354 g/mol. The number of rotatable bonds is 3. The normalized spacial score (nSPS) is 24.5. The molecule has 2 fully saturated rings. The van der Waals surface area contributed by atoms with E-state index in [4.69, 9.17) is 0 Å². The molecule has 0 radical (unpaired) electrons. The lowest BCUT2D eigenvalue weighted by Gasteiger charge is -2.38. The fraction of sp³-hybridized carbons (Fsp3) is 0.500. The van der Waals surface area contributed by atoms with Gasteiger partial charge in [0, 0.05) is 43.8 Å². The van der Waals surface area contributed by atoms with Crippen molar-refractivity contribution in [2.75, 3.05) is 0 Å². The van der Waals surface area contributed by atoms with Crippen LogP contribution < -0.4 is 5.32 Å². The fourth-order valence-electron chi connectivity index (χ4n) is 4.08. The zero-order chi connectivity index (χ0) is 18.3. The number of nitrogens with zero attached hydrogens (tertiary/aromatic N) is 5. The minimum absolute atomic E-state index is 0.0147. The number of carbonyl (C=O) groups excluding carboxylic acids is 2. The number of imidazole rings is 1. The Balaban J connectivity index is 1.43. The van der Waals surface area contributed by atoms with Gasteiger partial charge in [0.15, 0.2) is 5.82 Å². The maximum atomic E-state index is 12.9. The highest BCUT2D eigenvalue weighted by Gasteiger charge is 2.44. The predicted molar refractivity (Wildman–Crippen MR) is 93.4 cm³/mol. The Labute approximate surface area is 151 Å². The zero-order valence-corrected chi connectivity index (χ0v) is 14.9. The summed E-state index contributed by atoms with van der Waals surface area (Å²) >= 11 is 0. The lowest BCUT2D eigenvalue weighted by Crippen LogP contribution is -2.52. The molecule has 4 heterocycles. The summed E-state index contributed by atoms with van der Waals surface area (Å²) in [7, 11) is 1.83. The second-order valence-corrected chi connectivity index (χ2v) is 7.14. The maximum Gasteiger partial charge on any atom is 0.290 e. The molecule has 2 aliphatic heterocycles. The number of aryl methyl sites for hydroxylation is 2. The van der Waals surface area contributed by atoms with Crippen LogP contribution in [0.5, 0.6) is 0 Å². The molecule has 0 aromatic carbocycles. The first kappa shape index (κ1) is 16.7. The molecule has 8 nitrogen and oxygen atoms in total. The van der Waals surface area contributed by atoms with Gasteiger partial charge in [0.1, 0.15) is 5.69 Å². The molecule has 0 spiro atoms. The van der Waals surface area contributed by atoms with Crippen LogP contribution in [0.25, 0.3) is 0 Å². The first-order valence-electron chi connectivity index (χ1n) is 8.92. The number of nitrogens with one attached hydrogen (secondary N) is 1. The topological polar surface area (TPSA) is 93.0 Å². The number of fused-ring (bicyclic) bond motifs is 2. The van der Waals surface area contributed by atoms with E-state index in [9.17, 15) is 9.59 Å². The second-order valence-electron chi connectivity index (χ2n) is 7.14. The minimum atomic E-state index is -0.203. The van der Waals surface area contributed by atoms with Crippen molar-refractivity contribution in [3.05, 3.63) is 42.0 Å². The average molecular weight is 354 g/mol. The van der Waals surface area contributed by atoms with Crippen molar-refractivity contribution >= 4 is 11.8 Å². The molecule has 136 valence electrons. The molecule has 0 aliphatic carbocycles. The second kappa shape index (κ2) is 6.51. The number of hydrogen-bond donors (Lipinski definition) is 1. The highest BCUT2D eigenvalue weighted by Crippen LogP contribution is 2.36. The van der Waals surface area contributed by atoms with Gasteiger partial charge >= 0.3 is 0 Å². The van der Waals surface area contributed by atoms with Crippen molar-refractivity contribution in [2.24, 2.45) is 7.05 Å². The standard InChI is InChI=1S/C18H22N6O2/c1-11-9-21-15(10-20-11)17(25)22-12-7-13-3-4-14(8-12)24(13)18(26)16-19-5-6-23(16)2/h5-6,9-10,12-14H,3-4,7-8H2,1-2H3,(H,22,25)/t12?,13-,14+. The molecule has 2 amide bonds. The molecular weight excluding hydrogens is 332 g/mol. The van der Waals surface area contributed by atoms with Crippen LogP contribution in [0, 0.1) is 6.92 Å². The Morgan fingerprint density at radius 1 is 1.12 bits per heavy atom. The number of piperidine rings is 1. The summed E-state index contributed by atoms with van der Waals surface area (Å²) < 4.78 is 1.76. The Bertz CT molecular complexity index is 816. The van der Waals surface area contributed by atoms with Crippen LogP contribution in [0.3, 0.4) is 0 Å². The lowest BCUT2D eigenvalue weighted by molar-refractivity contribution is 0.0533. The maximum absolute atomic E-state index is 12.9. The Morgan fingerprint density at radius 3 is 2.42 bits per heavy atom. The van der Waals surface area contributed by atoms with Crippen molar-refractivity contribution in [3.63, 3.8) is 0 Å². The van der Waals surface area contributed by atoms with Gasteiger partial charge in [0.25, 0.3) is 11.8 Å². The molecule has 2 aromatic rings. The van der Waals surface area contributed by atoms with Gasteiger partial charge in [-0.25, -0.2) is 9.97 Å². The van der Waals surface area contributed by atoms with Crippen molar-refractivity contribution in [3.8, 4) is 0 Å². The average Bonchev–Trinajstić information content (AvgIpc) is 3.16. The lowest BCUT2D eigenvalue weighted by atomic mass is 9.97. The van der Waals surface area contributed by atoms with Gasteiger partial charge in [0.05, 0.1) is 11.9 Å². The van der Waals surface area contributed by atoms with Crippen molar-refractivity contribution in [1.82, 2.24) is 29.7 Å². The summed E-state index contributed by atoms with van der Waals surface area (Å²) in [5.74, 6) is 0.254. The van der Waals surface area contributed by atoms with E-state index in [-0.39, 0.29) is 29.9 Å². The summed E-state index contributed by atoms with van der Waals surface area (Å²) in [6.07, 6.45) is 9.98. The van der Waals surface area contributed by atoms with Crippen LogP contribution in [0.1, 0.15) is 52.5 Å². The van der Waals surface area contributed by atoms with E-state index in [2.05, 4.69) is 20.3 Å². The molecule has 2 aromatic heterocycles. The zero-order valence-electron chi connectivity index (χ0n) is 14.9. The van der Waals surface area contributed by atoms with Gasteiger partial charge in [-0.3, -0.25) is 14.6 Å². The van der Waals surface area contributed by atoms with E-state index in [1.54, 1.807) is 23.2 Å². The van der Waals surface area contributed by atoms with Crippen LogP contribution in [-0.4, -0.2) is 54.4 Å². The van der Waals surface area contributed by atoms with Crippen LogP contribution in [-0.2, 0) is 7.05 Å². The minimum Gasteiger partial charge on any atom is -0.348 e. The molecule has 4 rings (SSSR count). The molecule has 2 bridgehead atoms. The molecule has 3 atom stereocenters. The summed E-state index contributed by atoms with van der Waals surface area (Å²) in [4.78, 5) is 39.7. The summed E-state index contributed by atoms with van der Waals surface area (Å²) in [6, 6.07) is 0.341. The van der Waals surface area contributed by atoms with Crippen molar-refractivity contribution < 1.29 is 9.59 Å². The van der Waals surface area contributed by atoms with Gasteiger partial charge < -0.3 is 14.8 Å². The van der Waals surface area contributed by atoms with E-state index in [0.717, 1.165) is 31.4 Å². The largest absolute Gasteiger partial charge is 0.348 e. The van der Waals surface area contributed by atoms with E-state index in [1.165, 1.54) is 6.20 Å². The number of aromatic nitrogens is 4. The first-order chi connectivity index (χ1) is 12.5. The van der Waals surface area contributed by atoms with E-state index >= 15 is 0 Å². The highest BCUT2D eigenvalue weighted by atomic mass is 16.2. The molecule has 26 heavy (non-hydrogen) atoms. The van der Waals surface area contributed by atoms with Crippen molar-refractivity contribution in [2.45, 2.75) is 50.7 Å². The molecule has 2 saturated heterocycles. The summed E-state index contributed by atoms with van der Waals surface area (Å²) in [5.41, 5.74) is 1.11. The molecule has 1 N–H and O–H groups in total. The highest BCUT2D eigenvalue weighted by molar-refractivity contribution is 5.93. The quantitative estimate of drug-likeness (QED) is 0.890. The van der Waals surface area contributed by atoms with Gasteiger partial charge in [-0.1, -0.05) is 0 Å². The fourth-order valence-corrected chi connectivity index (χ4v) is 4.08. The van der Waals surface area contributed by atoms with Crippen LogP contribution in [0.4, 0.5) is 0 Å². The van der Waals surface area contributed by atoms with Crippen LogP contribution >= 0.6 is 0 Å². The van der Waals surface area contributed by atoms with Gasteiger partial charge in [-0.15, -0.1) is 0 Å². The third-order valence-corrected chi connectivity index (χ3v) is 5.33. The molecule has 1 unspecified atom stereocenters. The smallest absolute Gasteiger partial charge is 0.290 e. The number of carbonyl (C=O) groups is 2. The van der Waals surface area contributed by atoms with Crippen molar-refractivity contribution in [1.29, 1.82) is 0 Å². The molecule has 0 saturated carbocycles. The van der Waals surface area contributed by atoms with Gasteiger partial charge in [-0.2, -0.15) is 0 Å². The Hall–Kier alpha value is -2.77. The molecular formula is C18H22N6O2. The third kappa shape index (κ3) is 2.95. The van der Waals surface area contributed by atoms with E-state index < -0.39 is 0 Å². The first-order valence-corrected chi connectivity index (χ1v) is 8.92. The van der Waals surface area contributed by atoms with E-state index in [0.29, 0.717) is 11.5 Å². The number of hydrogen-bond acceptors (Lipinski definition) is 5. The third-order valence-electron chi connectivity index (χ3n) is 5.33. The SMILES string of the molecule is Cc1cnc(C(=O)NC2C[C@H]3CC[C@@H](C2)N3C(=O)c2nccn2C)cn1. The predicted octanol–water partition coefficient (Wildman–Crippen LogP) is 1.08. The summed E-state index contributed by atoms with van der Waals surface area (Å²) in [5, 5.41) is 3.06. The number of amides is 2. The van der Waals surface area contributed by atoms with Gasteiger partial charge in [-0.05, 0) is 32.6 Å². The van der Waals surface area contributed by atoms with Crippen LogP contribution in [0.2, 0.25) is 0 Å². The molecule has 2 aliphatic rings. The van der Waals surface area contributed by atoms with Crippen LogP contribution in [0.15, 0.2) is 24.8 Å². The summed E-state index contributed by atoms with van der Waals surface area (Å²) in [6.45, 7) is 1.83. The van der Waals surface area contributed by atoms with E-state index in [1.807, 2.05) is 18.9 Å². The van der Waals surface area contributed by atoms with Gasteiger partial charge in [0.2, 0.25) is 0 Å².